The van der Waals surface area contributed by atoms with E-state index in [4.69, 9.17) is 9.84 Å². The number of allylic oxidation sites excluding steroid dienone is 2. The summed E-state index contributed by atoms with van der Waals surface area (Å²) in [4.78, 5) is 11.9. The minimum atomic E-state index is -0.126. The molecule has 1 unspecified atom stereocenters. The Balaban J connectivity index is 3.52. The molecule has 0 heterocycles. The first-order chi connectivity index (χ1) is 12.8. The van der Waals surface area contributed by atoms with E-state index in [1.54, 1.807) is 0 Å². The van der Waals surface area contributed by atoms with Crippen LogP contribution in [-0.2, 0) is 9.53 Å². The predicted octanol–water partition coefficient (Wildman–Crippen LogP) is 6.59. The monoisotopic (exact) mass is 368 g/mol. The molecule has 1 atom stereocenters. The van der Waals surface area contributed by atoms with Crippen LogP contribution in [0.1, 0.15) is 110 Å². The van der Waals surface area contributed by atoms with Gasteiger partial charge in [-0.05, 0) is 38.5 Å². The molecule has 0 aromatic carbocycles. The number of rotatable bonds is 19. The van der Waals surface area contributed by atoms with Crippen LogP contribution in [0.5, 0.6) is 0 Å². The molecule has 3 nitrogen and oxygen atoms in total. The Bertz CT molecular complexity index is 325. The second kappa shape index (κ2) is 20.5. The van der Waals surface area contributed by atoms with Gasteiger partial charge >= 0.3 is 5.97 Å². The number of hydrogen-bond donors (Lipinski definition) is 1. The normalized spacial score (nSPS) is 12.6. The summed E-state index contributed by atoms with van der Waals surface area (Å²) in [6, 6.07) is 0. The van der Waals surface area contributed by atoms with E-state index < -0.39 is 0 Å². The van der Waals surface area contributed by atoms with Crippen LogP contribution >= 0.6 is 0 Å². The summed E-state index contributed by atoms with van der Waals surface area (Å²) in [5.74, 6) is -0.109. The van der Waals surface area contributed by atoms with Gasteiger partial charge in [-0.1, -0.05) is 83.8 Å². The number of ether oxygens (including phenoxy) is 1. The van der Waals surface area contributed by atoms with E-state index in [-0.39, 0.29) is 25.1 Å². The number of esters is 1. The molecule has 0 aliphatic carbocycles. The summed E-state index contributed by atoms with van der Waals surface area (Å²) in [6.45, 7) is 4.41. The Hall–Kier alpha value is -0.830. The molecule has 0 rings (SSSR count). The molecular formula is C23H44O3. The molecule has 0 amide bonds. The highest BCUT2D eigenvalue weighted by molar-refractivity contribution is 5.72. The molecule has 0 aliphatic heterocycles. The van der Waals surface area contributed by atoms with E-state index in [1.807, 2.05) is 0 Å². The van der Waals surface area contributed by atoms with Crippen LogP contribution in [0.2, 0.25) is 0 Å². The van der Waals surface area contributed by atoms with Crippen LogP contribution in [0.15, 0.2) is 12.2 Å². The highest BCUT2D eigenvalue weighted by Gasteiger charge is 2.18. The van der Waals surface area contributed by atoms with Crippen molar-refractivity contribution in [1.29, 1.82) is 0 Å². The van der Waals surface area contributed by atoms with Crippen molar-refractivity contribution >= 4 is 5.97 Å². The molecule has 0 spiro atoms. The molecule has 3 heteroatoms. The summed E-state index contributed by atoms with van der Waals surface area (Å²) in [5.41, 5.74) is 0. The van der Waals surface area contributed by atoms with Crippen molar-refractivity contribution in [2.24, 2.45) is 5.92 Å². The smallest absolute Gasteiger partial charge is 0.309 e. The molecule has 0 radical (unpaired) electrons. The molecular weight excluding hydrogens is 324 g/mol. The predicted molar refractivity (Wildman–Crippen MR) is 111 cm³/mol. The van der Waals surface area contributed by atoms with Gasteiger partial charge in [-0.25, -0.2) is 0 Å². The van der Waals surface area contributed by atoms with Gasteiger partial charge in [0.2, 0.25) is 0 Å². The maximum absolute atomic E-state index is 11.9. The van der Waals surface area contributed by atoms with Crippen LogP contribution in [0, 0.1) is 5.92 Å². The van der Waals surface area contributed by atoms with Crippen molar-refractivity contribution in [2.75, 3.05) is 13.2 Å². The highest BCUT2D eigenvalue weighted by Crippen LogP contribution is 2.18. The Kier molecular flexibility index (Phi) is 19.8. The van der Waals surface area contributed by atoms with Crippen molar-refractivity contribution in [1.82, 2.24) is 0 Å². The summed E-state index contributed by atoms with van der Waals surface area (Å²) in [5, 5.41) is 8.75. The van der Waals surface area contributed by atoms with Gasteiger partial charge in [0.1, 0.15) is 6.61 Å². The molecule has 0 bridgehead atoms. The van der Waals surface area contributed by atoms with Gasteiger partial charge < -0.3 is 9.84 Å². The number of aliphatic hydroxyl groups is 1. The molecule has 1 N–H and O–H groups in total. The van der Waals surface area contributed by atoms with Gasteiger partial charge in [0.05, 0.1) is 12.5 Å². The van der Waals surface area contributed by atoms with Crippen LogP contribution < -0.4 is 0 Å². The first-order valence-electron chi connectivity index (χ1n) is 11.2. The molecule has 26 heavy (non-hydrogen) atoms. The second-order valence-corrected chi connectivity index (χ2v) is 7.40. The highest BCUT2D eigenvalue weighted by atomic mass is 16.5. The zero-order chi connectivity index (χ0) is 19.3. The fraction of sp³-hybridized carbons (Fsp3) is 0.870. The van der Waals surface area contributed by atoms with Gasteiger partial charge in [0.15, 0.2) is 0 Å². The van der Waals surface area contributed by atoms with Crippen molar-refractivity contribution in [3.63, 3.8) is 0 Å². The largest absolute Gasteiger partial charge is 0.463 e. The zero-order valence-corrected chi connectivity index (χ0v) is 17.5. The number of carbonyl (C=O) groups is 1. The maximum atomic E-state index is 11.9. The minimum Gasteiger partial charge on any atom is -0.463 e. The van der Waals surface area contributed by atoms with Gasteiger partial charge in [0, 0.05) is 0 Å². The third kappa shape index (κ3) is 16.6. The lowest BCUT2D eigenvalue weighted by Gasteiger charge is -2.14. The van der Waals surface area contributed by atoms with Crippen molar-refractivity contribution in [3.05, 3.63) is 12.2 Å². The average Bonchev–Trinajstić information content (AvgIpc) is 2.65. The summed E-state index contributed by atoms with van der Waals surface area (Å²) in [7, 11) is 0. The Morgan fingerprint density at radius 3 is 1.96 bits per heavy atom. The number of carbonyl (C=O) groups excluding carboxylic acids is 1. The van der Waals surface area contributed by atoms with Crippen molar-refractivity contribution in [3.8, 4) is 0 Å². The van der Waals surface area contributed by atoms with E-state index in [0.717, 1.165) is 25.7 Å². The van der Waals surface area contributed by atoms with Gasteiger partial charge in [-0.15, -0.1) is 0 Å². The molecule has 154 valence electrons. The van der Waals surface area contributed by atoms with Crippen LogP contribution in [0.4, 0.5) is 0 Å². The summed E-state index contributed by atoms with van der Waals surface area (Å²) in [6.07, 6.45) is 23.0. The van der Waals surface area contributed by atoms with E-state index in [1.165, 1.54) is 70.6 Å². The van der Waals surface area contributed by atoms with Crippen LogP contribution in [0.25, 0.3) is 0 Å². The Morgan fingerprint density at radius 2 is 1.38 bits per heavy atom. The molecule has 0 saturated carbocycles. The molecule has 0 fully saturated rings. The molecule has 0 aromatic heterocycles. The Morgan fingerprint density at radius 1 is 0.808 bits per heavy atom. The van der Waals surface area contributed by atoms with Crippen molar-refractivity contribution < 1.29 is 14.6 Å². The topological polar surface area (TPSA) is 46.5 Å². The third-order valence-corrected chi connectivity index (χ3v) is 4.87. The number of aliphatic hydroxyl groups excluding tert-OH is 1. The molecule has 0 aliphatic rings. The van der Waals surface area contributed by atoms with Crippen LogP contribution in [-0.4, -0.2) is 24.3 Å². The van der Waals surface area contributed by atoms with Gasteiger partial charge in [-0.2, -0.15) is 0 Å². The zero-order valence-electron chi connectivity index (χ0n) is 17.5. The fourth-order valence-electron chi connectivity index (χ4n) is 3.28. The lowest BCUT2D eigenvalue weighted by molar-refractivity contribution is -0.150. The number of hydrogen-bond acceptors (Lipinski definition) is 3. The first kappa shape index (κ1) is 25.2. The van der Waals surface area contributed by atoms with E-state index >= 15 is 0 Å². The van der Waals surface area contributed by atoms with Gasteiger partial charge in [0.25, 0.3) is 0 Å². The van der Waals surface area contributed by atoms with Crippen LogP contribution in [0.3, 0.4) is 0 Å². The molecule has 0 saturated heterocycles. The van der Waals surface area contributed by atoms with Crippen molar-refractivity contribution in [2.45, 2.75) is 110 Å². The van der Waals surface area contributed by atoms with Gasteiger partial charge in [-0.3, -0.25) is 4.79 Å². The first-order valence-corrected chi connectivity index (χ1v) is 11.2. The van der Waals surface area contributed by atoms with E-state index in [2.05, 4.69) is 26.0 Å². The lowest BCUT2D eigenvalue weighted by Crippen LogP contribution is -2.19. The third-order valence-electron chi connectivity index (χ3n) is 4.87. The quantitative estimate of drug-likeness (QED) is 0.159. The number of unbranched alkanes of at least 4 members (excludes halogenated alkanes) is 10. The average molecular weight is 369 g/mol. The second-order valence-electron chi connectivity index (χ2n) is 7.40. The SMILES string of the molecule is CCCCCCCC/C=C\CCCCCCC(CCC)C(=O)OCCO. The standard InChI is InChI=1S/C23H44O3/c1-3-5-6-7-8-9-10-11-12-13-14-15-16-17-19-22(18-4-2)23(25)26-21-20-24/h11-12,22,24H,3-10,13-21H2,1-2H3/b12-11-. The summed E-state index contributed by atoms with van der Waals surface area (Å²) < 4.78 is 5.08. The minimum absolute atomic E-state index is 0.0174. The fourth-order valence-corrected chi connectivity index (χ4v) is 3.28. The van der Waals surface area contributed by atoms with E-state index in [0.29, 0.717) is 0 Å². The van der Waals surface area contributed by atoms with E-state index in [9.17, 15) is 4.79 Å². The maximum Gasteiger partial charge on any atom is 0.309 e. The summed E-state index contributed by atoms with van der Waals surface area (Å²) >= 11 is 0. The Labute approximate surface area is 162 Å². The molecule has 0 aromatic rings. The lowest BCUT2D eigenvalue weighted by atomic mass is 9.96.